The molecule has 2 N–H and O–H groups in total. The minimum atomic E-state index is -0.201. The number of benzene rings is 1. The van der Waals surface area contributed by atoms with E-state index in [1.807, 2.05) is 6.07 Å². The molecular formula is C17H27FN2. The Hall–Kier alpha value is -0.930. The predicted octanol–water partition coefficient (Wildman–Crippen LogP) is 3.73. The minimum absolute atomic E-state index is 0.0735. The highest BCUT2D eigenvalue weighted by Crippen LogP contribution is 2.27. The molecule has 2 nitrogen and oxygen atoms in total. The molecule has 0 spiro atoms. The summed E-state index contributed by atoms with van der Waals surface area (Å²) in [5.74, 6) is 0.682. The fraction of sp³-hybridized carbons (Fsp3) is 0.647. The number of hydrogen-bond acceptors (Lipinski definition) is 2. The Bertz CT molecular complexity index is 413. The number of rotatable bonds is 5. The van der Waals surface area contributed by atoms with E-state index in [0.717, 1.165) is 24.4 Å². The smallest absolute Gasteiger partial charge is 0.123 e. The van der Waals surface area contributed by atoms with Crippen LogP contribution in [-0.4, -0.2) is 24.5 Å². The summed E-state index contributed by atoms with van der Waals surface area (Å²) < 4.78 is 13.2. The normalized spacial score (nSPS) is 24.9. The molecule has 3 heteroatoms. The Kier molecular flexibility index (Phi) is 5.55. The molecule has 0 radical (unpaired) electrons. The zero-order chi connectivity index (χ0) is 14.5. The Morgan fingerprint density at radius 1 is 1.30 bits per heavy atom. The van der Waals surface area contributed by atoms with Gasteiger partial charge in [0.15, 0.2) is 0 Å². The van der Waals surface area contributed by atoms with Crippen LogP contribution in [0.15, 0.2) is 24.3 Å². The molecule has 1 aliphatic carbocycles. The number of nitrogens with two attached hydrogens (primary N) is 1. The quantitative estimate of drug-likeness (QED) is 0.889. The topological polar surface area (TPSA) is 29.3 Å². The molecule has 0 saturated heterocycles. The van der Waals surface area contributed by atoms with Gasteiger partial charge in [-0.1, -0.05) is 19.1 Å². The van der Waals surface area contributed by atoms with Crippen LogP contribution in [0.25, 0.3) is 0 Å². The Morgan fingerprint density at radius 3 is 2.65 bits per heavy atom. The van der Waals surface area contributed by atoms with Gasteiger partial charge in [0.1, 0.15) is 5.82 Å². The van der Waals surface area contributed by atoms with Crippen LogP contribution in [0.1, 0.15) is 50.6 Å². The van der Waals surface area contributed by atoms with Crippen LogP contribution < -0.4 is 5.73 Å². The van der Waals surface area contributed by atoms with Gasteiger partial charge in [-0.25, -0.2) is 4.39 Å². The van der Waals surface area contributed by atoms with Gasteiger partial charge in [0.2, 0.25) is 0 Å². The van der Waals surface area contributed by atoms with E-state index in [9.17, 15) is 4.39 Å². The molecule has 0 heterocycles. The zero-order valence-corrected chi connectivity index (χ0v) is 12.7. The molecule has 1 atom stereocenters. The van der Waals surface area contributed by atoms with E-state index in [0.29, 0.717) is 6.04 Å². The third-order valence-corrected chi connectivity index (χ3v) is 4.68. The lowest BCUT2D eigenvalue weighted by molar-refractivity contribution is 0.166. The molecule has 1 aromatic rings. The summed E-state index contributed by atoms with van der Waals surface area (Å²) in [5.41, 5.74) is 7.07. The van der Waals surface area contributed by atoms with E-state index in [-0.39, 0.29) is 11.9 Å². The lowest BCUT2D eigenvalue weighted by Gasteiger charge is -2.34. The van der Waals surface area contributed by atoms with Crippen LogP contribution in [-0.2, 0) is 0 Å². The van der Waals surface area contributed by atoms with Crippen LogP contribution in [0.5, 0.6) is 0 Å². The number of nitrogens with zero attached hydrogens (tertiary/aromatic N) is 1. The van der Waals surface area contributed by atoms with Crippen LogP contribution in [0, 0.1) is 11.7 Å². The zero-order valence-electron chi connectivity index (χ0n) is 12.7. The molecule has 0 aromatic heterocycles. The highest BCUT2D eigenvalue weighted by atomic mass is 19.1. The summed E-state index contributed by atoms with van der Waals surface area (Å²) in [5, 5.41) is 0. The summed E-state index contributed by atoms with van der Waals surface area (Å²) in [6.45, 7) is 3.33. The van der Waals surface area contributed by atoms with Gasteiger partial charge >= 0.3 is 0 Å². The second-order valence-electron chi connectivity index (χ2n) is 6.34. The molecule has 2 rings (SSSR count). The molecule has 1 aromatic carbocycles. The highest BCUT2D eigenvalue weighted by molar-refractivity contribution is 5.19. The molecule has 0 aliphatic heterocycles. The lowest BCUT2D eigenvalue weighted by Crippen LogP contribution is -2.36. The van der Waals surface area contributed by atoms with Gasteiger partial charge in [-0.3, -0.25) is 0 Å². The summed E-state index contributed by atoms with van der Waals surface area (Å²) in [7, 11) is 2.19. The van der Waals surface area contributed by atoms with E-state index in [2.05, 4.69) is 18.9 Å². The second-order valence-corrected chi connectivity index (χ2v) is 6.34. The summed E-state index contributed by atoms with van der Waals surface area (Å²) in [4.78, 5) is 2.44. The van der Waals surface area contributed by atoms with E-state index >= 15 is 0 Å². The van der Waals surface area contributed by atoms with Gasteiger partial charge in [0, 0.05) is 12.1 Å². The van der Waals surface area contributed by atoms with E-state index < -0.39 is 0 Å². The molecule has 0 bridgehead atoms. The maximum atomic E-state index is 13.2. The predicted molar refractivity (Wildman–Crippen MR) is 82.0 cm³/mol. The maximum Gasteiger partial charge on any atom is 0.123 e. The Morgan fingerprint density at radius 2 is 2.00 bits per heavy atom. The second kappa shape index (κ2) is 7.19. The van der Waals surface area contributed by atoms with Crippen molar-refractivity contribution < 1.29 is 4.39 Å². The van der Waals surface area contributed by atoms with Gasteiger partial charge in [-0.2, -0.15) is 0 Å². The van der Waals surface area contributed by atoms with Gasteiger partial charge < -0.3 is 10.6 Å². The maximum absolute atomic E-state index is 13.2. The first-order chi connectivity index (χ1) is 9.56. The van der Waals surface area contributed by atoms with Crippen molar-refractivity contribution in [3.63, 3.8) is 0 Å². The summed E-state index contributed by atoms with van der Waals surface area (Å²) >= 11 is 0. The van der Waals surface area contributed by atoms with E-state index in [1.54, 1.807) is 12.1 Å². The van der Waals surface area contributed by atoms with Gasteiger partial charge in [0.05, 0.1) is 0 Å². The summed E-state index contributed by atoms with van der Waals surface area (Å²) in [6, 6.07) is 7.28. The molecule has 1 saturated carbocycles. The van der Waals surface area contributed by atoms with Crippen molar-refractivity contribution >= 4 is 0 Å². The first kappa shape index (κ1) is 15.5. The van der Waals surface area contributed by atoms with Crippen LogP contribution in [0.2, 0.25) is 0 Å². The van der Waals surface area contributed by atoms with Crippen molar-refractivity contribution in [3.05, 3.63) is 35.6 Å². The molecular weight excluding hydrogens is 251 g/mol. The van der Waals surface area contributed by atoms with Crippen molar-refractivity contribution in [1.82, 2.24) is 4.90 Å². The molecule has 1 fully saturated rings. The van der Waals surface area contributed by atoms with Crippen molar-refractivity contribution in [3.8, 4) is 0 Å². The number of hydrogen-bond donors (Lipinski definition) is 1. The lowest BCUT2D eigenvalue weighted by atomic mass is 9.86. The average Bonchev–Trinajstić information content (AvgIpc) is 2.45. The third-order valence-electron chi connectivity index (χ3n) is 4.68. The first-order valence-corrected chi connectivity index (χ1v) is 7.77. The van der Waals surface area contributed by atoms with Crippen molar-refractivity contribution in [2.45, 2.75) is 51.1 Å². The molecule has 1 unspecified atom stereocenters. The molecule has 0 amide bonds. The minimum Gasteiger partial charge on any atom is -0.324 e. The Balaban J connectivity index is 1.79. The SMILES string of the molecule is CC1CCC(N(C)CCC(N)c2cccc(F)c2)CC1. The van der Waals surface area contributed by atoms with Crippen LogP contribution in [0.3, 0.4) is 0 Å². The van der Waals surface area contributed by atoms with E-state index in [4.69, 9.17) is 5.73 Å². The van der Waals surface area contributed by atoms with Crippen LogP contribution >= 0.6 is 0 Å². The average molecular weight is 278 g/mol. The third kappa shape index (κ3) is 4.29. The van der Waals surface area contributed by atoms with Gasteiger partial charge in [-0.15, -0.1) is 0 Å². The van der Waals surface area contributed by atoms with Crippen LogP contribution in [0.4, 0.5) is 4.39 Å². The fourth-order valence-electron chi connectivity index (χ4n) is 3.11. The Labute approximate surface area is 122 Å². The molecule has 112 valence electrons. The fourth-order valence-corrected chi connectivity index (χ4v) is 3.11. The van der Waals surface area contributed by atoms with Crippen molar-refractivity contribution in [1.29, 1.82) is 0 Å². The molecule has 1 aliphatic rings. The molecule has 20 heavy (non-hydrogen) atoms. The monoisotopic (exact) mass is 278 g/mol. The standard InChI is InChI=1S/C17H27FN2/c1-13-6-8-16(9-7-13)20(2)11-10-17(19)14-4-3-5-15(18)12-14/h3-5,12-13,16-17H,6-11,19H2,1-2H3. The first-order valence-electron chi connectivity index (χ1n) is 7.77. The van der Waals surface area contributed by atoms with Gasteiger partial charge in [0.25, 0.3) is 0 Å². The number of halogens is 1. The van der Waals surface area contributed by atoms with E-state index in [1.165, 1.54) is 31.7 Å². The van der Waals surface area contributed by atoms with Gasteiger partial charge in [-0.05, 0) is 69.3 Å². The highest BCUT2D eigenvalue weighted by Gasteiger charge is 2.21. The summed E-state index contributed by atoms with van der Waals surface area (Å²) in [6.07, 6.45) is 6.15. The van der Waals surface area contributed by atoms with Crippen molar-refractivity contribution in [2.75, 3.05) is 13.6 Å². The van der Waals surface area contributed by atoms with Crippen molar-refractivity contribution in [2.24, 2.45) is 11.7 Å². The largest absolute Gasteiger partial charge is 0.324 e.